The van der Waals surface area contributed by atoms with Crippen LogP contribution in [0.3, 0.4) is 0 Å². The fraction of sp³-hybridized carbons (Fsp3) is 0.500. The average molecular weight is 171 g/mol. The van der Waals surface area contributed by atoms with Crippen LogP contribution >= 0.6 is 11.3 Å². The highest BCUT2D eigenvalue weighted by Gasteiger charge is 2.15. The van der Waals surface area contributed by atoms with Crippen LogP contribution in [0.25, 0.3) is 0 Å². The molecule has 62 valence electrons. The SMILES string of the molecule is CC(C)(N)c1csc(CO)c1. The van der Waals surface area contributed by atoms with E-state index in [1.807, 2.05) is 25.3 Å². The van der Waals surface area contributed by atoms with Crippen molar-refractivity contribution >= 4 is 11.3 Å². The van der Waals surface area contributed by atoms with E-state index in [1.54, 1.807) is 11.3 Å². The van der Waals surface area contributed by atoms with Crippen molar-refractivity contribution in [2.45, 2.75) is 26.0 Å². The van der Waals surface area contributed by atoms with E-state index in [0.717, 1.165) is 10.4 Å². The monoisotopic (exact) mass is 171 g/mol. The zero-order valence-electron chi connectivity index (χ0n) is 6.79. The Morgan fingerprint density at radius 1 is 1.64 bits per heavy atom. The first-order valence-corrected chi connectivity index (χ1v) is 4.39. The van der Waals surface area contributed by atoms with Gasteiger partial charge in [-0.3, -0.25) is 0 Å². The molecule has 0 aliphatic rings. The third-order valence-corrected chi connectivity index (χ3v) is 2.48. The third kappa shape index (κ3) is 2.02. The van der Waals surface area contributed by atoms with E-state index in [1.165, 1.54) is 0 Å². The molecule has 0 spiro atoms. The molecule has 0 fully saturated rings. The fourth-order valence-electron chi connectivity index (χ4n) is 0.801. The fourth-order valence-corrected chi connectivity index (χ4v) is 1.72. The summed E-state index contributed by atoms with van der Waals surface area (Å²) in [5.74, 6) is 0. The van der Waals surface area contributed by atoms with E-state index >= 15 is 0 Å². The van der Waals surface area contributed by atoms with E-state index in [0.29, 0.717) is 0 Å². The number of hydrogen-bond donors (Lipinski definition) is 2. The molecule has 0 saturated heterocycles. The smallest absolute Gasteiger partial charge is 0.0774 e. The molecule has 0 atom stereocenters. The molecule has 1 aromatic heterocycles. The number of rotatable bonds is 2. The van der Waals surface area contributed by atoms with Crippen LogP contribution in [-0.4, -0.2) is 5.11 Å². The van der Waals surface area contributed by atoms with Gasteiger partial charge in [0.25, 0.3) is 0 Å². The standard InChI is InChI=1S/C8H13NOS/c1-8(2,9)6-3-7(4-10)11-5-6/h3,5,10H,4,9H2,1-2H3. The van der Waals surface area contributed by atoms with Gasteiger partial charge in [-0.05, 0) is 30.9 Å². The summed E-state index contributed by atoms with van der Waals surface area (Å²) in [5.41, 5.74) is 6.65. The molecule has 3 heteroatoms. The number of aliphatic hydroxyl groups excluding tert-OH is 1. The van der Waals surface area contributed by atoms with E-state index in [2.05, 4.69) is 0 Å². The molecule has 11 heavy (non-hydrogen) atoms. The van der Waals surface area contributed by atoms with Crippen molar-refractivity contribution in [3.63, 3.8) is 0 Å². The van der Waals surface area contributed by atoms with E-state index in [9.17, 15) is 0 Å². The van der Waals surface area contributed by atoms with Crippen LogP contribution < -0.4 is 5.73 Å². The van der Waals surface area contributed by atoms with Gasteiger partial charge in [0.1, 0.15) is 0 Å². The van der Waals surface area contributed by atoms with Crippen molar-refractivity contribution < 1.29 is 5.11 Å². The lowest BCUT2D eigenvalue weighted by Gasteiger charge is -2.16. The summed E-state index contributed by atoms with van der Waals surface area (Å²) in [6.45, 7) is 4.02. The lowest BCUT2D eigenvalue weighted by Crippen LogP contribution is -2.27. The van der Waals surface area contributed by atoms with E-state index < -0.39 is 0 Å². The molecular formula is C8H13NOS. The average Bonchev–Trinajstić information content (AvgIpc) is 2.32. The van der Waals surface area contributed by atoms with Gasteiger partial charge in [-0.15, -0.1) is 11.3 Å². The Balaban J connectivity index is 2.89. The first-order valence-electron chi connectivity index (χ1n) is 3.51. The highest BCUT2D eigenvalue weighted by atomic mass is 32.1. The van der Waals surface area contributed by atoms with Crippen LogP contribution in [0.2, 0.25) is 0 Å². The summed E-state index contributed by atoms with van der Waals surface area (Å²) in [5, 5.41) is 10.8. The van der Waals surface area contributed by atoms with Gasteiger partial charge in [0.2, 0.25) is 0 Å². The van der Waals surface area contributed by atoms with Gasteiger partial charge in [0.05, 0.1) is 6.61 Å². The molecule has 2 nitrogen and oxygen atoms in total. The molecule has 0 aromatic carbocycles. The Hall–Kier alpha value is -0.380. The highest BCUT2D eigenvalue weighted by molar-refractivity contribution is 7.10. The molecule has 0 amide bonds. The molecule has 0 bridgehead atoms. The number of aliphatic hydroxyl groups is 1. The molecule has 0 aliphatic heterocycles. The minimum atomic E-state index is -0.288. The second-order valence-corrected chi connectivity index (χ2v) is 4.18. The zero-order chi connectivity index (χ0) is 8.48. The van der Waals surface area contributed by atoms with Crippen LogP contribution in [0.1, 0.15) is 24.3 Å². The molecule has 0 aliphatic carbocycles. The molecule has 0 radical (unpaired) electrons. The van der Waals surface area contributed by atoms with Crippen LogP contribution in [-0.2, 0) is 12.1 Å². The van der Waals surface area contributed by atoms with Gasteiger partial charge in [-0.2, -0.15) is 0 Å². The summed E-state index contributed by atoms with van der Waals surface area (Å²) >= 11 is 1.55. The molecule has 0 unspecified atom stereocenters. The van der Waals surface area contributed by atoms with Crippen LogP contribution in [0.5, 0.6) is 0 Å². The van der Waals surface area contributed by atoms with Crippen molar-refractivity contribution in [3.05, 3.63) is 21.9 Å². The van der Waals surface area contributed by atoms with Crippen LogP contribution in [0, 0.1) is 0 Å². The molecule has 0 saturated carbocycles. The Labute approximate surface area is 70.7 Å². The Morgan fingerprint density at radius 2 is 2.27 bits per heavy atom. The number of nitrogens with two attached hydrogens (primary N) is 1. The summed E-state index contributed by atoms with van der Waals surface area (Å²) in [6, 6.07) is 1.95. The lowest BCUT2D eigenvalue weighted by atomic mass is 9.99. The van der Waals surface area contributed by atoms with Gasteiger partial charge in [-0.25, -0.2) is 0 Å². The van der Waals surface area contributed by atoms with Crippen molar-refractivity contribution in [1.29, 1.82) is 0 Å². The number of hydrogen-bond acceptors (Lipinski definition) is 3. The van der Waals surface area contributed by atoms with Crippen LogP contribution in [0.15, 0.2) is 11.4 Å². The predicted molar refractivity (Wildman–Crippen MR) is 47.5 cm³/mol. The predicted octanol–water partition coefficient (Wildman–Crippen LogP) is 1.43. The van der Waals surface area contributed by atoms with Crippen molar-refractivity contribution in [1.82, 2.24) is 0 Å². The Kier molecular flexibility index (Phi) is 2.32. The maximum absolute atomic E-state index is 8.79. The van der Waals surface area contributed by atoms with Crippen molar-refractivity contribution in [2.24, 2.45) is 5.73 Å². The van der Waals surface area contributed by atoms with Gasteiger partial charge < -0.3 is 10.8 Å². The summed E-state index contributed by atoms with van der Waals surface area (Å²) < 4.78 is 0. The van der Waals surface area contributed by atoms with Crippen molar-refractivity contribution in [2.75, 3.05) is 0 Å². The molecule has 3 N–H and O–H groups in total. The summed E-state index contributed by atoms with van der Waals surface area (Å²) in [7, 11) is 0. The minimum absolute atomic E-state index is 0.112. The van der Waals surface area contributed by atoms with E-state index in [-0.39, 0.29) is 12.1 Å². The van der Waals surface area contributed by atoms with Gasteiger partial charge >= 0.3 is 0 Å². The third-order valence-electron chi connectivity index (χ3n) is 1.55. The molecule has 1 heterocycles. The zero-order valence-corrected chi connectivity index (χ0v) is 7.61. The molecule has 1 aromatic rings. The van der Waals surface area contributed by atoms with Crippen molar-refractivity contribution in [3.8, 4) is 0 Å². The largest absolute Gasteiger partial charge is 0.391 e. The summed E-state index contributed by atoms with van der Waals surface area (Å²) in [4.78, 5) is 0.971. The highest BCUT2D eigenvalue weighted by Crippen LogP contribution is 2.23. The number of thiophene rings is 1. The molecule has 1 rings (SSSR count). The van der Waals surface area contributed by atoms with Crippen LogP contribution in [0.4, 0.5) is 0 Å². The molecular weight excluding hydrogens is 158 g/mol. The topological polar surface area (TPSA) is 46.2 Å². The van der Waals surface area contributed by atoms with Gasteiger partial charge in [0.15, 0.2) is 0 Å². The Bertz CT molecular complexity index is 236. The Morgan fingerprint density at radius 3 is 2.55 bits per heavy atom. The summed E-state index contributed by atoms with van der Waals surface area (Å²) in [6.07, 6.45) is 0. The first-order chi connectivity index (χ1) is 5.04. The van der Waals surface area contributed by atoms with Gasteiger partial charge in [0, 0.05) is 10.4 Å². The van der Waals surface area contributed by atoms with Gasteiger partial charge in [-0.1, -0.05) is 0 Å². The quantitative estimate of drug-likeness (QED) is 0.707. The first kappa shape index (κ1) is 8.71. The maximum Gasteiger partial charge on any atom is 0.0774 e. The maximum atomic E-state index is 8.79. The second-order valence-electron chi connectivity index (χ2n) is 3.18. The minimum Gasteiger partial charge on any atom is -0.391 e. The van der Waals surface area contributed by atoms with E-state index in [4.69, 9.17) is 10.8 Å². The lowest BCUT2D eigenvalue weighted by molar-refractivity contribution is 0.285. The normalized spacial score (nSPS) is 12.0. The second kappa shape index (κ2) is 2.93.